The molecular formula is C17H26N4O2S. The number of morpholine rings is 1. The van der Waals surface area contributed by atoms with Crippen molar-refractivity contribution in [3.63, 3.8) is 0 Å². The van der Waals surface area contributed by atoms with Gasteiger partial charge >= 0.3 is 0 Å². The van der Waals surface area contributed by atoms with E-state index >= 15 is 0 Å². The van der Waals surface area contributed by atoms with Crippen molar-refractivity contribution in [1.29, 1.82) is 0 Å². The molecule has 0 aromatic carbocycles. The highest BCUT2D eigenvalue weighted by molar-refractivity contribution is 7.09. The Kier molecular flexibility index (Phi) is 4.85. The lowest BCUT2D eigenvalue weighted by Gasteiger charge is -2.32. The van der Waals surface area contributed by atoms with Crippen LogP contribution in [-0.4, -0.2) is 72.7 Å². The van der Waals surface area contributed by atoms with Crippen molar-refractivity contribution in [1.82, 2.24) is 20.1 Å². The molecule has 0 radical (unpaired) electrons. The van der Waals surface area contributed by atoms with E-state index in [0.717, 1.165) is 37.7 Å². The maximum atomic E-state index is 12.7. The minimum absolute atomic E-state index is 0.242. The molecule has 1 atom stereocenters. The first kappa shape index (κ1) is 16.4. The highest BCUT2D eigenvalue weighted by atomic mass is 32.1. The molecule has 2 saturated heterocycles. The second kappa shape index (κ2) is 7.07. The molecule has 3 aliphatic rings. The van der Waals surface area contributed by atoms with Gasteiger partial charge in [-0.05, 0) is 37.8 Å². The molecule has 3 heterocycles. The number of hydrogen-bond donors (Lipinski definition) is 1. The molecule has 7 heteroatoms. The number of rotatable bonds is 5. The van der Waals surface area contributed by atoms with Crippen molar-refractivity contribution in [3.8, 4) is 0 Å². The monoisotopic (exact) mass is 350 g/mol. The smallest absolute Gasteiger partial charge is 0.236 e. The van der Waals surface area contributed by atoms with Crippen LogP contribution in [0.5, 0.6) is 0 Å². The summed E-state index contributed by atoms with van der Waals surface area (Å²) >= 11 is 1.68. The Balaban J connectivity index is 1.43. The van der Waals surface area contributed by atoms with E-state index in [-0.39, 0.29) is 5.91 Å². The van der Waals surface area contributed by atoms with E-state index in [4.69, 9.17) is 4.74 Å². The van der Waals surface area contributed by atoms with E-state index in [1.54, 1.807) is 11.3 Å². The summed E-state index contributed by atoms with van der Waals surface area (Å²) in [6, 6.07) is 0.536. The third kappa shape index (κ3) is 3.49. The molecule has 6 nitrogen and oxygen atoms in total. The lowest BCUT2D eigenvalue weighted by atomic mass is 9.93. The number of hydrogen-bond acceptors (Lipinski definition) is 6. The Bertz CT molecular complexity index is 553. The number of amides is 1. The van der Waals surface area contributed by atoms with E-state index < -0.39 is 0 Å². The number of nitrogens with one attached hydrogen (secondary N) is 1. The number of nitrogens with zero attached hydrogens (tertiary/aromatic N) is 3. The van der Waals surface area contributed by atoms with Gasteiger partial charge in [-0.15, -0.1) is 11.3 Å². The number of carbonyl (C=O) groups excluding carboxylic acids is 1. The molecule has 132 valence electrons. The summed E-state index contributed by atoms with van der Waals surface area (Å²) in [6.07, 6.45) is 5.56. The van der Waals surface area contributed by atoms with Crippen LogP contribution in [0.3, 0.4) is 0 Å². The third-order valence-electron chi connectivity index (χ3n) is 5.71. The first-order chi connectivity index (χ1) is 11.8. The van der Waals surface area contributed by atoms with Crippen LogP contribution < -0.4 is 5.32 Å². The zero-order valence-electron chi connectivity index (χ0n) is 14.1. The predicted molar refractivity (Wildman–Crippen MR) is 92.9 cm³/mol. The van der Waals surface area contributed by atoms with Crippen molar-refractivity contribution in [3.05, 3.63) is 16.6 Å². The molecule has 1 aliphatic carbocycles. The number of ether oxygens (including phenoxy) is 1. The SMILES string of the molecule is O=C(CN(Cc1nccs1)[C@@H]1CC12CCNCC2)N1CCOCC1. The van der Waals surface area contributed by atoms with E-state index in [2.05, 4.69) is 15.2 Å². The lowest BCUT2D eigenvalue weighted by molar-refractivity contribution is -0.136. The summed E-state index contributed by atoms with van der Waals surface area (Å²) in [4.78, 5) is 21.5. The summed E-state index contributed by atoms with van der Waals surface area (Å²) in [5, 5.41) is 6.59. The maximum Gasteiger partial charge on any atom is 0.236 e. The standard InChI is InChI=1S/C17H26N4O2S/c22-16(20-6-8-23-9-7-20)13-21(12-15-19-5-10-24-15)14-11-17(14)1-3-18-4-2-17/h5,10,14,18H,1-4,6-9,11-13H2/t14-/m1/s1. The van der Waals surface area contributed by atoms with Gasteiger partial charge in [0.2, 0.25) is 5.91 Å². The molecule has 1 aromatic heterocycles. The van der Waals surface area contributed by atoms with Gasteiger partial charge in [0.25, 0.3) is 0 Å². The van der Waals surface area contributed by atoms with Gasteiger partial charge in [0.15, 0.2) is 0 Å². The largest absolute Gasteiger partial charge is 0.378 e. The highest BCUT2D eigenvalue weighted by Crippen LogP contribution is 2.56. The molecule has 1 N–H and O–H groups in total. The fourth-order valence-corrected chi connectivity index (χ4v) is 4.81. The molecule has 24 heavy (non-hydrogen) atoms. The zero-order chi connectivity index (χ0) is 16.4. The molecule has 0 unspecified atom stereocenters. The fraction of sp³-hybridized carbons (Fsp3) is 0.765. The molecular weight excluding hydrogens is 324 g/mol. The van der Waals surface area contributed by atoms with Crippen molar-refractivity contribution in [2.75, 3.05) is 45.9 Å². The first-order valence-electron chi connectivity index (χ1n) is 8.95. The molecule has 3 fully saturated rings. The van der Waals surface area contributed by atoms with Crippen LogP contribution in [-0.2, 0) is 16.1 Å². The Labute approximate surface area is 147 Å². The average Bonchev–Trinajstić information content (AvgIpc) is 3.06. The normalized spacial score (nSPS) is 26.0. The molecule has 2 aliphatic heterocycles. The van der Waals surface area contributed by atoms with Crippen LogP contribution >= 0.6 is 11.3 Å². The number of piperidine rings is 1. The summed E-state index contributed by atoms with van der Waals surface area (Å²) in [5.41, 5.74) is 0.438. The molecule has 1 aromatic rings. The van der Waals surface area contributed by atoms with E-state index in [0.29, 0.717) is 31.2 Å². The van der Waals surface area contributed by atoms with E-state index in [1.165, 1.54) is 19.3 Å². The predicted octanol–water partition coefficient (Wildman–Crippen LogP) is 0.946. The van der Waals surface area contributed by atoms with Crippen molar-refractivity contribution >= 4 is 17.2 Å². The van der Waals surface area contributed by atoms with Crippen molar-refractivity contribution < 1.29 is 9.53 Å². The van der Waals surface area contributed by atoms with Gasteiger partial charge in [0.1, 0.15) is 5.01 Å². The minimum atomic E-state index is 0.242. The van der Waals surface area contributed by atoms with Gasteiger partial charge in [-0.25, -0.2) is 4.98 Å². The van der Waals surface area contributed by atoms with Crippen molar-refractivity contribution in [2.24, 2.45) is 5.41 Å². The Morgan fingerprint density at radius 3 is 2.92 bits per heavy atom. The highest BCUT2D eigenvalue weighted by Gasteiger charge is 2.56. The zero-order valence-corrected chi connectivity index (χ0v) is 14.9. The molecule has 0 bridgehead atoms. The Hall–Kier alpha value is -1.02. The van der Waals surface area contributed by atoms with E-state index in [9.17, 15) is 4.79 Å². The second-order valence-corrected chi connectivity index (χ2v) is 8.14. The van der Waals surface area contributed by atoms with Gasteiger partial charge in [-0.3, -0.25) is 9.69 Å². The molecule has 4 rings (SSSR count). The third-order valence-corrected chi connectivity index (χ3v) is 6.48. The summed E-state index contributed by atoms with van der Waals surface area (Å²) < 4.78 is 5.37. The summed E-state index contributed by atoms with van der Waals surface area (Å²) in [6.45, 7) is 6.31. The Morgan fingerprint density at radius 2 is 2.21 bits per heavy atom. The second-order valence-electron chi connectivity index (χ2n) is 7.16. The first-order valence-corrected chi connectivity index (χ1v) is 9.83. The molecule has 1 saturated carbocycles. The fourth-order valence-electron chi connectivity index (χ4n) is 4.17. The van der Waals surface area contributed by atoms with Gasteiger partial charge < -0.3 is 15.0 Å². The summed E-state index contributed by atoms with van der Waals surface area (Å²) in [7, 11) is 0. The number of carbonyl (C=O) groups is 1. The van der Waals surface area contributed by atoms with Crippen LogP contribution in [0.1, 0.15) is 24.3 Å². The topological polar surface area (TPSA) is 57.7 Å². The van der Waals surface area contributed by atoms with Gasteiger partial charge in [0.05, 0.1) is 26.3 Å². The quantitative estimate of drug-likeness (QED) is 0.857. The Morgan fingerprint density at radius 1 is 1.42 bits per heavy atom. The lowest BCUT2D eigenvalue weighted by Crippen LogP contribution is -2.47. The maximum absolute atomic E-state index is 12.7. The number of thiazole rings is 1. The van der Waals surface area contributed by atoms with Crippen LogP contribution in [0.25, 0.3) is 0 Å². The van der Waals surface area contributed by atoms with Crippen LogP contribution in [0.2, 0.25) is 0 Å². The minimum Gasteiger partial charge on any atom is -0.378 e. The average molecular weight is 350 g/mol. The van der Waals surface area contributed by atoms with E-state index in [1.807, 2.05) is 16.5 Å². The van der Waals surface area contributed by atoms with Crippen LogP contribution in [0.15, 0.2) is 11.6 Å². The number of aromatic nitrogens is 1. The molecule has 1 amide bonds. The van der Waals surface area contributed by atoms with Crippen LogP contribution in [0, 0.1) is 5.41 Å². The van der Waals surface area contributed by atoms with Gasteiger partial charge in [0, 0.05) is 30.7 Å². The van der Waals surface area contributed by atoms with Crippen LogP contribution in [0.4, 0.5) is 0 Å². The van der Waals surface area contributed by atoms with Gasteiger partial charge in [-0.1, -0.05) is 0 Å². The van der Waals surface area contributed by atoms with Crippen molar-refractivity contribution in [2.45, 2.75) is 31.8 Å². The molecule has 1 spiro atoms. The summed E-state index contributed by atoms with van der Waals surface area (Å²) in [5.74, 6) is 0.242. The van der Waals surface area contributed by atoms with Gasteiger partial charge in [-0.2, -0.15) is 0 Å².